The number of aliphatic hydroxyl groups is 1. The Morgan fingerprint density at radius 3 is 2.90 bits per heavy atom. The molecule has 0 aromatic carbocycles. The van der Waals surface area contributed by atoms with Crippen LogP contribution in [0.15, 0.2) is 29.6 Å². The zero-order valence-electron chi connectivity index (χ0n) is 15.5. The van der Waals surface area contributed by atoms with E-state index in [2.05, 4.69) is 20.4 Å². The summed E-state index contributed by atoms with van der Waals surface area (Å²) in [4.78, 5) is 32.5. The average Bonchev–Trinajstić information content (AvgIpc) is 3.29. The molecule has 0 bridgehead atoms. The van der Waals surface area contributed by atoms with Gasteiger partial charge in [0.1, 0.15) is 17.9 Å². The van der Waals surface area contributed by atoms with Crippen LogP contribution in [0.25, 0.3) is 16.8 Å². The molecule has 0 amide bonds. The SMILES string of the molecule is CC(C(=O)O)n1cnn2cc(-c3nc(N[C@H]4CC[C@@H](O)C4)ncc3Cl)cc2c1=O. The molecule has 3 N–H and O–H groups in total. The number of fused-ring (bicyclic) bond motifs is 1. The van der Waals surface area contributed by atoms with Gasteiger partial charge in [-0.2, -0.15) is 5.10 Å². The third-order valence-electron chi connectivity index (χ3n) is 5.08. The van der Waals surface area contributed by atoms with E-state index < -0.39 is 17.6 Å². The van der Waals surface area contributed by atoms with E-state index in [-0.39, 0.29) is 17.7 Å². The van der Waals surface area contributed by atoms with Crippen molar-refractivity contribution in [3.8, 4) is 11.3 Å². The summed E-state index contributed by atoms with van der Waals surface area (Å²) in [5, 5.41) is 26.5. The van der Waals surface area contributed by atoms with Crippen LogP contribution in [0.4, 0.5) is 5.95 Å². The second-order valence-electron chi connectivity index (χ2n) is 7.11. The maximum absolute atomic E-state index is 12.7. The Bertz CT molecular complexity index is 1140. The fourth-order valence-electron chi connectivity index (χ4n) is 3.44. The lowest BCUT2D eigenvalue weighted by molar-refractivity contribution is -0.140. The molecule has 10 nitrogen and oxygen atoms in total. The summed E-state index contributed by atoms with van der Waals surface area (Å²) in [6.07, 6.45) is 6.12. The van der Waals surface area contributed by atoms with Gasteiger partial charge < -0.3 is 15.5 Å². The Hall–Kier alpha value is -2.98. The molecule has 0 radical (unpaired) electrons. The van der Waals surface area contributed by atoms with Crippen LogP contribution in [0.1, 0.15) is 32.2 Å². The number of aromatic nitrogens is 5. The fourth-order valence-corrected chi connectivity index (χ4v) is 3.64. The zero-order chi connectivity index (χ0) is 20.7. The van der Waals surface area contributed by atoms with E-state index in [1.807, 2.05) is 0 Å². The lowest BCUT2D eigenvalue weighted by atomic mass is 10.2. The molecule has 3 aromatic heterocycles. The van der Waals surface area contributed by atoms with Gasteiger partial charge in [0.15, 0.2) is 0 Å². The molecule has 3 heterocycles. The van der Waals surface area contributed by atoms with Crippen molar-refractivity contribution >= 4 is 29.0 Å². The average molecular weight is 419 g/mol. The first-order valence-corrected chi connectivity index (χ1v) is 9.51. The van der Waals surface area contributed by atoms with Crippen molar-refractivity contribution in [3.05, 3.63) is 40.2 Å². The maximum atomic E-state index is 12.7. The summed E-state index contributed by atoms with van der Waals surface area (Å²) in [7, 11) is 0. The van der Waals surface area contributed by atoms with Crippen molar-refractivity contribution in [2.24, 2.45) is 0 Å². The summed E-state index contributed by atoms with van der Waals surface area (Å²) in [5.41, 5.74) is 0.700. The summed E-state index contributed by atoms with van der Waals surface area (Å²) in [6.45, 7) is 1.41. The van der Waals surface area contributed by atoms with Crippen LogP contribution in [0.2, 0.25) is 5.02 Å². The van der Waals surface area contributed by atoms with Gasteiger partial charge in [-0.25, -0.2) is 19.3 Å². The first-order chi connectivity index (χ1) is 13.8. The summed E-state index contributed by atoms with van der Waals surface area (Å²) in [6, 6.07) is 0.606. The van der Waals surface area contributed by atoms with Crippen molar-refractivity contribution in [2.75, 3.05) is 5.32 Å². The molecule has 0 saturated heterocycles. The topological polar surface area (TPSA) is 135 Å². The lowest BCUT2D eigenvalue weighted by Crippen LogP contribution is -2.29. The highest BCUT2D eigenvalue weighted by Gasteiger charge is 2.24. The van der Waals surface area contributed by atoms with E-state index in [1.165, 1.54) is 24.0 Å². The summed E-state index contributed by atoms with van der Waals surface area (Å²) >= 11 is 6.28. The highest BCUT2D eigenvalue weighted by Crippen LogP contribution is 2.28. The number of rotatable bonds is 5. The number of carboxylic acid groups (broad SMARTS) is 1. The molecule has 1 aliphatic rings. The molecule has 29 heavy (non-hydrogen) atoms. The fraction of sp³-hybridized carbons (Fsp3) is 0.389. The normalized spacial score (nSPS) is 20.1. The van der Waals surface area contributed by atoms with Crippen molar-refractivity contribution in [1.82, 2.24) is 24.1 Å². The van der Waals surface area contributed by atoms with E-state index in [4.69, 9.17) is 16.7 Å². The van der Waals surface area contributed by atoms with Crippen molar-refractivity contribution < 1.29 is 15.0 Å². The van der Waals surface area contributed by atoms with Gasteiger partial charge in [0.2, 0.25) is 5.95 Å². The van der Waals surface area contributed by atoms with E-state index in [9.17, 15) is 14.7 Å². The third kappa shape index (κ3) is 3.68. The number of halogens is 1. The van der Waals surface area contributed by atoms with Crippen LogP contribution in [0.5, 0.6) is 0 Å². The van der Waals surface area contributed by atoms with E-state index in [0.29, 0.717) is 28.6 Å². The summed E-state index contributed by atoms with van der Waals surface area (Å²) < 4.78 is 2.42. The monoisotopic (exact) mass is 418 g/mol. The number of nitrogens with one attached hydrogen (secondary N) is 1. The minimum Gasteiger partial charge on any atom is -0.480 e. The molecule has 3 aromatic rings. The molecule has 0 aliphatic heterocycles. The van der Waals surface area contributed by atoms with Gasteiger partial charge in [0.25, 0.3) is 5.56 Å². The highest BCUT2D eigenvalue weighted by molar-refractivity contribution is 6.32. The van der Waals surface area contributed by atoms with Gasteiger partial charge in [-0.1, -0.05) is 11.6 Å². The lowest BCUT2D eigenvalue weighted by Gasteiger charge is -2.12. The minimum absolute atomic E-state index is 0.0820. The van der Waals surface area contributed by atoms with E-state index in [1.54, 1.807) is 12.3 Å². The summed E-state index contributed by atoms with van der Waals surface area (Å²) in [5.74, 6) is -0.750. The van der Waals surface area contributed by atoms with Crippen molar-refractivity contribution in [3.63, 3.8) is 0 Å². The standard InChI is InChI=1S/C18H19ClN6O4/c1-9(17(28)29)24-8-21-25-7-10(4-14(25)16(24)27)15-13(19)6-20-18(23-15)22-11-2-3-12(26)5-11/h4,6-9,11-12,26H,2-3,5H2,1H3,(H,28,29)(H,20,22,23)/t9?,11-,12+/m0/s1. The number of carboxylic acids is 1. The Balaban J connectivity index is 1.71. The zero-order valence-corrected chi connectivity index (χ0v) is 16.2. The Morgan fingerprint density at radius 2 is 2.21 bits per heavy atom. The number of anilines is 1. The molecule has 1 unspecified atom stereocenters. The molecule has 152 valence electrons. The first-order valence-electron chi connectivity index (χ1n) is 9.13. The van der Waals surface area contributed by atoms with Crippen LogP contribution in [0.3, 0.4) is 0 Å². The molecular formula is C18H19ClN6O4. The second kappa shape index (κ2) is 7.45. The second-order valence-corrected chi connectivity index (χ2v) is 7.52. The van der Waals surface area contributed by atoms with Gasteiger partial charge in [-0.3, -0.25) is 9.36 Å². The van der Waals surface area contributed by atoms with Gasteiger partial charge in [0, 0.05) is 17.8 Å². The van der Waals surface area contributed by atoms with E-state index >= 15 is 0 Å². The minimum atomic E-state index is -1.13. The van der Waals surface area contributed by atoms with Gasteiger partial charge in [-0.15, -0.1) is 0 Å². The van der Waals surface area contributed by atoms with Crippen LogP contribution in [0, 0.1) is 0 Å². The first kappa shape index (κ1) is 19.3. The molecule has 1 saturated carbocycles. The molecule has 4 rings (SSSR count). The van der Waals surface area contributed by atoms with Gasteiger partial charge in [0.05, 0.1) is 23.0 Å². The number of aliphatic carboxylic acids is 1. The van der Waals surface area contributed by atoms with Crippen LogP contribution >= 0.6 is 11.6 Å². The van der Waals surface area contributed by atoms with Gasteiger partial charge in [-0.05, 0) is 32.3 Å². The number of hydrogen-bond donors (Lipinski definition) is 3. The molecule has 11 heteroatoms. The smallest absolute Gasteiger partial charge is 0.326 e. The van der Waals surface area contributed by atoms with Gasteiger partial charge >= 0.3 is 5.97 Å². The van der Waals surface area contributed by atoms with Crippen molar-refractivity contribution in [2.45, 2.75) is 44.4 Å². The molecule has 3 atom stereocenters. The molecule has 1 aliphatic carbocycles. The quantitative estimate of drug-likeness (QED) is 0.568. The van der Waals surface area contributed by atoms with Crippen LogP contribution in [-0.2, 0) is 4.79 Å². The maximum Gasteiger partial charge on any atom is 0.326 e. The van der Waals surface area contributed by atoms with Crippen LogP contribution < -0.4 is 10.9 Å². The predicted molar refractivity (Wildman–Crippen MR) is 105 cm³/mol. The third-order valence-corrected chi connectivity index (χ3v) is 5.36. The van der Waals surface area contributed by atoms with Crippen LogP contribution in [-0.4, -0.2) is 52.5 Å². The Labute approximate surface area is 169 Å². The number of aliphatic hydroxyl groups excluding tert-OH is 1. The number of carbonyl (C=O) groups is 1. The molecule has 1 fully saturated rings. The Kier molecular flexibility index (Phi) is 4.97. The molecular weight excluding hydrogens is 400 g/mol. The largest absolute Gasteiger partial charge is 0.480 e. The molecule has 0 spiro atoms. The number of nitrogens with zero attached hydrogens (tertiary/aromatic N) is 5. The predicted octanol–water partition coefficient (Wildman–Crippen LogP) is 1.58. The highest BCUT2D eigenvalue weighted by atomic mass is 35.5. The van der Waals surface area contributed by atoms with E-state index in [0.717, 1.165) is 17.4 Å². The van der Waals surface area contributed by atoms with Crippen molar-refractivity contribution in [1.29, 1.82) is 0 Å². The Morgan fingerprint density at radius 1 is 1.41 bits per heavy atom. The number of hydrogen-bond acceptors (Lipinski definition) is 7.